The number of aromatic amines is 1. The third-order valence-corrected chi connectivity index (χ3v) is 6.42. The molecule has 0 saturated heterocycles. The highest BCUT2D eigenvalue weighted by Gasteiger charge is 2.33. The molecule has 3 heterocycles. The second kappa shape index (κ2) is 9.82. The van der Waals surface area contributed by atoms with Crippen molar-refractivity contribution in [3.8, 4) is 5.75 Å². The zero-order chi connectivity index (χ0) is 25.2. The van der Waals surface area contributed by atoms with E-state index in [2.05, 4.69) is 14.7 Å². The maximum atomic E-state index is 13.3. The van der Waals surface area contributed by atoms with Crippen molar-refractivity contribution in [1.82, 2.24) is 4.98 Å². The fourth-order valence-electron chi connectivity index (χ4n) is 3.94. The standard InChI is InChI=1S/C26H19F2N3O4S/c1-15-23(19-6-2-3-7-20(19)29-15)22(32)14-36-26-30-21(13-18-5-4-12-34-18)24(33)31(26)16-8-10-17(11-9-16)35-25(27)28/h2-13,25,29H,14H2,1H3/b21-13+. The van der Waals surface area contributed by atoms with E-state index >= 15 is 0 Å². The Balaban J connectivity index is 1.43. The number of para-hydroxylation sites is 1. The minimum atomic E-state index is -2.96. The van der Waals surface area contributed by atoms with E-state index in [1.807, 2.05) is 31.2 Å². The molecule has 0 aliphatic carbocycles. The van der Waals surface area contributed by atoms with Crippen molar-refractivity contribution >= 4 is 51.3 Å². The lowest BCUT2D eigenvalue weighted by molar-refractivity contribution is -0.113. The van der Waals surface area contributed by atoms with Crippen LogP contribution in [0.1, 0.15) is 21.8 Å². The fraction of sp³-hybridized carbons (Fsp3) is 0.115. The number of Topliss-reactive ketones (excluding diaryl/α,β-unsaturated/α-hetero) is 1. The monoisotopic (exact) mass is 507 g/mol. The number of amides is 1. The molecule has 1 aliphatic rings. The lowest BCUT2D eigenvalue weighted by Crippen LogP contribution is -2.30. The Morgan fingerprint density at radius 3 is 2.67 bits per heavy atom. The first kappa shape index (κ1) is 23.6. The van der Waals surface area contributed by atoms with Gasteiger partial charge in [0.25, 0.3) is 5.91 Å². The Hall–Kier alpha value is -4.18. The van der Waals surface area contributed by atoms with E-state index in [0.29, 0.717) is 17.0 Å². The zero-order valence-corrected chi connectivity index (χ0v) is 19.7. The maximum Gasteiger partial charge on any atom is 0.387 e. The van der Waals surface area contributed by atoms with E-state index in [1.165, 1.54) is 41.5 Å². The molecule has 182 valence electrons. The normalized spacial score (nSPS) is 14.8. The number of H-pyrrole nitrogens is 1. The van der Waals surface area contributed by atoms with Crippen molar-refractivity contribution < 1.29 is 27.5 Å². The molecule has 1 N–H and O–H groups in total. The van der Waals surface area contributed by atoms with Crippen LogP contribution >= 0.6 is 11.8 Å². The van der Waals surface area contributed by atoms with Crippen LogP contribution in [0.5, 0.6) is 5.75 Å². The summed E-state index contributed by atoms with van der Waals surface area (Å²) in [6, 6.07) is 16.6. The quantitative estimate of drug-likeness (QED) is 0.244. The van der Waals surface area contributed by atoms with Crippen molar-refractivity contribution in [3.63, 3.8) is 0 Å². The number of alkyl halides is 2. The average Bonchev–Trinajstić information content (AvgIpc) is 3.56. The van der Waals surface area contributed by atoms with Gasteiger partial charge in [0.15, 0.2) is 11.0 Å². The first-order chi connectivity index (χ1) is 17.4. The van der Waals surface area contributed by atoms with E-state index in [9.17, 15) is 18.4 Å². The molecule has 2 aromatic carbocycles. The number of hydrogen-bond acceptors (Lipinski definition) is 6. The molecule has 10 heteroatoms. The smallest absolute Gasteiger partial charge is 0.387 e. The molecule has 5 rings (SSSR count). The number of fused-ring (bicyclic) bond motifs is 1. The van der Waals surface area contributed by atoms with Gasteiger partial charge in [-0.15, -0.1) is 0 Å². The van der Waals surface area contributed by atoms with Crippen LogP contribution in [-0.4, -0.2) is 34.2 Å². The number of benzene rings is 2. The fourth-order valence-corrected chi connectivity index (χ4v) is 4.83. The maximum absolute atomic E-state index is 13.3. The number of ether oxygens (including phenoxy) is 1. The van der Waals surface area contributed by atoms with Crippen LogP contribution in [0, 0.1) is 6.92 Å². The Morgan fingerprint density at radius 2 is 1.94 bits per heavy atom. The van der Waals surface area contributed by atoms with Crippen molar-refractivity contribution in [2.45, 2.75) is 13.5 Å². The van der Waals surface area contributed by atoms with Gasteiger partial charge in [-0.25, -0.2) is 4.99 Å². The Morgan fingerprint density at radius 1 is 1.17 bits per heavy atom. The molecule has 0 unspecified atom stereocenters. The number of aliphatic imine (C=N–C) groups is 1. The predicted octanol–water partition coefficient (Wildman–Crippen LogP) is 6.03. The summed E-state index contributed by atoms with van der Waals surface area (Å²) in [5.74, 6) is -0.116. The number of carbonyl (C=O) groups excluding carboxylic acids is 2. The summed E-state index contributed by atoms with van der Waals surface area (Å²) >= 11 is 1.11. The lowest BCUT2D eigenvalue weighted by Gasteiger charge is -2.18. The van der Waals surface area contributed by atoms with Crippen LogP contribution < -0.4 is 9.64 Å². The highest BCUT2D eigenvalue weighted by Crippen LogP contribution is 2.32. The summed E-state index contributed by atoms with van der Waals surface area (Å²) in [4.78, 5) is 35.5. The number of amidine groups is 1. The predicted molar refractivity (Wildman–Crippen MR) is 135 cm³/mol. The third-order valence-electron chi connectivity index (χ3n) is 5.48. The number of thioether (sulfide) groups is 1. The molecule has 0 spiro atoms. The van der Waals surface area contributed by atoms with Gasteiger partial charge in [-0.2, -0.15) is 8.78 Å². The minimum absolute atomic E-state index is 0.0336. The van der Waals surface area contributed by atoms with Gasteiger partial charge in [0.2, 0.25) is 0 Å². The number of anilines is 1. The van der Waals surface area contributed by atoms with E-state index in [-0.39, 0.29) is 28.2 Å². The summed E-state index contributed by atoms with van der Waals surface area (Å²) in [6.45, 7) is -1.12. The van der Waals surface area contributed by atoms with Gasteiger partial charge in [-0.1, -0.05) is 30.0 Å². The summed E-state index contributed by atoms with van der Waals surface area (Å²) in [6.07, 6.45) is 2.98. The highest BCUT2D eigenvalue weighted by atomic mass is 32.2. The van der Waals surface area contributed by atoms with Gasteiger partial charge in [-0.3, -0.25) is 14.5 Å². The molecule has 0 bridgehead atoms. The Labute approximate surface area is 208 Å². The lowest BCUT2D eigenvalue weighted by atomic mass is 10.1. The van der Waals surface area contributed by atoms with Crippen molar-refractivity contribution in [2.24, 2.45) is 4.99 Å². The molecule has 2 aromatic heterocycles. The van der Waals surface area contributed by atoms with Crippen LogP contribution in [-0.2, 0) is 4.79 Å². The van der Waals surface area contributed by atoms with Crippen molar-refractivity contribution in [3.05, 3.63) is 89.6 Å². The van der Waals surface area contributed by atoms with Crippen molar-refractivity contribution in [2.75, 3.05) is 10.7 Å². The largest absolute Gasteiger partial charge is 0.465 e. The number of halogens is 2. The van der Waals surface area contributed by atoms with Gasteiger partial charge < -0.3 is 14.1 Å². The molecule has 0 fully saturated rings. The molecular formula is C26H19F2N3O4S. The minimum Gasteiger partial charge on any atom is -0.465 e. The van der Waals surface area contributed by atoms with Gasteiger partial charge in [-0.05, 0) is 49.4 Å². The molecule has 4 aromatic rings. The number of hydrogen-bond donors (Lipinski definition) is 1. The summed E-state index contributed by atoms with van der Waals surface area (Å²) in [5.41, 5.74) is 2.74. The first-order valence-corrected chi connectivity index (χ1v) is 11.9. The average molecular weight is 508 g/mol. The topological polar surface area (TPSA) is 87.9 Å². The molecule has 0 saturated carbocycles. The van der Waals surface area contributed by atoms with Crippen LogP contribution in [0.2, 0.25) is 0 Å². The molecule has 36 heavy (non-hydrogen) atoms. The number of aryl methyl sites for hydroxylation is 1. The summed E-state index contributed by atoms with van der Waals surface area (Å²) in [7, 11) is 0. The van der Waals surface area contributed by atoms with E-state index in [1.54, 1.807) is 12.1 Å². The molecule has 1 amide bonds. The van der Waals surface area contributed by atoms with Crippen LogP contribution in [0.25, 0.3) is 17.0 Å². The van der Waals surface area contributed by atoms with Crippen LogP contribution in [0.4, 0.5) is 14.5 Å². The number of nitrogens with zero attached hydrogens (tertiary/aromatic N) is 2. The van der Waals surface area contributed by atoms with Crippen LogP contribution in [0.3, 0.4) is 0 Å². The second-order valence-electron chi connectivity index (χ2n) is 7.83. The van der Waals surface area contributed by atoms with Crippen molar-refractivity contribution in [1.29, 1.82) is 0 Å². The van der Waals surface area contributed by atoms with E-state index in [0.717, 1.165) is 28.4 Å². The molecule has 1 aliphatic heterocycles. The number of rotatable bonds is 7. The summed E-state index contributed by atoms with van der Waals surface area (Å²) in [5, 5.41) is 1.11. The highest BCUT2D eigenvalue weighted by molar-refractivity contribution is 8.14. The van der Waals surface area contributed by atoms with Gasteiger partial charge in [0, 0.05) is 28.2 Å². The zero-order valence-electron chi connectivity index (χ0n) is 18.9. The SMILES string of the molecule is Cc1[nH]c2ccccc2c1C(=O)CSC1=N/C(=C/c2ccco2)C(=O)N1c1ccc(OC(F)F)cc1. The second-order valence-corrected chi connectivity index (χ2v) is 8.78. The van der Waals surface area contributed by atoms with Gasteiger partial charge in [0.05, 0.1) is 17.7 Å². The third kappa shape index (κ3) is 4.67. The van der Waals surface area contributed by atoms with E-state index < -0.39 is 12.5 Å². The molecular weight excluding hydrogens is 488 g/mol. The molecule has 0 radical (unpaired) electrons. The van der Waals surface area contributed by atoms with Gasteiger partial charge >= 0.3 is 6.61 Å². The number of ketones is 1. The molecule has 0 atom stereocenters. The van der Waals surface area contributed by atoms with E-state index in [4.69, 9.17) is 4.42 Å². The Bertz CT molecular complexity index is 1490. The van der Waals surface area contributed by atoms with Crippen LogP contribution in [0.15, 0.2) is 82.0 Å². The van der Waals surface area contributed by atoms with Gasteiger partial charge in [0.1, 0.15) is 17.2 Å². The number of nitrogens with one attached hydrogen (secondary N) is 1. The number of carbonyl (C=O) groups is 2. The summed E-state index contributed by atoms with van der Waals surface area (Å²) < 4.78 is 34.8. The molecule has 7 nitrogen and oxygen atoms in total. The number of aromatic nitrogens is 1. The Kier molecular flexibility index (Phi) is 6.43. The number of furan rings is 1. The first-order valence-electron chi connectivity index (χ1n) is 10.9.